The number of thioether (sulfide) groups is 1. The summed E-state index contributed by atoms with van der Waals surface area (Å²) in [6, 6.07) is 13.6. The molecule has 0 atom stereocenters. The van der Waals surface area contributed by atoms with Crippen LogP contribution in [0, 0.1) is 0 Å². The van der Waals surface area contributed by atoms with Crippen molar-refractivity contribution in [2.24, 2.45) is 7.05 Å². The third kappa shape index (κ3) is 2.74. The highest BCUT2D eigenvalue weighted by Gasteiger charge is 2.17. The van der Waals surface area contributed by atoms with Crippen LogP contribution in [0.4, 0.5) is 5.69 Å². The molecule has 0 unspecified atom stereocenters. The Morgan fingerprint density at radius 3 is 3.00 bits per heavy atom. The van der Waals surface area contributed by atoms with Gasteiger partial charge in [-0.3, -0.25) is 4.79 Å². The van der Waals surface area contributed by atoms with Gasteiger partial charge in [-0.05, 0) is 36.0 Å². The Hall–Kier alpha value is -2.45. The van der Waals surface area contributed by atoms with Crippen molar-refractivity contribution in [2.75, 3.05) is 11.1 Å². The van der Waals surface area contributed by atoms with Gasteiger partial charge in [0.2, 0.25) is 5.91 Å². The maximum absolute atomic E-state index is 12.3. The minimum Gasteiger partial charge on any atom is -0.323 e. The molecule has 24 heavy (non-hydrogen) atoms. The number of para-hydroxylation sites is 2. The predicted molar refractivity (Wildman–Crippen MR) is 96.2 cm³/mol. The number of hydrogen-bond acceptors (Lipinski definition) is 5. The molecule has 0 fully saturated rings. The first kappa shape index (κ1) is 15.1. The van der Waals surface area contributed by atoms with E-state index in [-0.39, 0.29) is 5.91 Å². The fourth-order valence-corrected chi connectivity index (χ4v) is 3.90. The van der Waals surface area contributed by atoms with Gasteiger partial charge in [-0.25, -0.2) is 9.55 Å². The summed E-state index contributed by atoms with van der Waals surface area (Å²) in [5.74, 6) is 0.244. The Bertz CT molecular complexity index is 1040. The molecule has 120 valence electrons. The highest BCUT2D eigenvalue weighted by molar-refractivity contribution is 7.99. The van der Waals surface area contributed by atoms with Crippen molar-refractivity contribution in [1.82, 2.24) is 13.7 Å². The summed E-state index contributed by atoms with van der Waals surface area (Å²) in [5, 5.41) is 3.86. The molecule has 0 saturated heterocycles. The Morgan fingerprint density at radius 1 is 1.25 bits per heavy atom. The van der Waals surface area contributed by atoms with E-state index in [2.05, 4.69) is 23.6 Å². The van der Waals surface area contributed by atoms with E-state index in [1.807, 2.05) is 49.5 Å². The van der Waals surface area contributed by atoms with Gasteiger partial charge < -0.3 is 5.32 Å². The SMILES string of the molecule is C[n+]1c(SCC(=O)Nc2cccc3nsnc23)[nH]c2ccccc21. The molecule has 0 aliphatic carbocycles. The Labute approximate surface area is 146 Å². The van der Waals surface area contributed by atoms with Crippen LogP contribution in [0.15, 0.2) is 47.6 Å². The summed E-state index contributed by atoms with van der Waals surface area (Å²) < 4.78 is 10.5. The maximum atomic E-state index is 12.3. The quantitative estimate of drug-likeness (QED) is 0.435. The normalized spacial score (nSPS) is 11.2. The molecule has 0 bridgehead atoms. The maximum Gasteiger partial charge on any atom is 0.317 e. The fourth-order valence-electron chi connectivity index (χ4n) is 2.54. The molecule has 0 spiro atoms. The van der Waals surface area contributed by atoms with Crippen LogP contribution in [-0.4, -0.2) is 25.4 Å². The molecule has 4 aromatic rings. The number of fused-ring (bicyclic) bond motifs is 2. The Kier molecular flexibility index (Phi) is 3.91. The van der Waals surface area contributed by atoms with Crippen LogP contribution in [-0.2, 0) is 11.8 Å². The lowest BCUT2D eigenvalue weighted by molar-refractivity contribution is -0.683. The molecular weight excluding hydrogens is 342 g/mol. The monoisotopic (exact) mass is 356 g/mol. The van der Waals surface area contributed by atoms with Crippen LogP contribution in [0.2, 0.25) is 0 Å². The zero-order valence-electron chi connectivity index (χ0n) is 12.8. The van der Waals surface area contributed by atoms with E-state index < -0.39 is 0 Å². The Morgan fingerprint density at radius 2 is 2.12 bits per heavy atom. The number of carbonyl (C=O) groups is 1. The molecule has 8 heteroatoms. The van der Waals surface area contributed by atoms with E-state index in [9.17, 15) is 4.79 Å². The number of benzene rings is 2. The summed E-state index contributed by atoms with van der Waals surface area (Å²) in [6.07, 6.45) is 0. The summed E-state index contributed by atoms with van der Waals surface area (Å²) >= 11 is 2.61. The van der Waals surface area contributed by atoms with Crippen LogP contribution in [0.25, 0.3) is 22.1 Å². The molecule has 0 aliphatic rings. The lowest BCUT2D eigenvalue weighted by atomic mass is 10.2. The van der Waals surface area contributed by atoms with Gasteiger partial charge in [0, 0.05) is 0 Å². The van der Waals surface area contributed by atoms with E-state index in [1.54, 1.807) is 0 Å². The van der Waals surface area contributed by atoms with Gasteiger partial charge in [0.15, 0.2) is 11.0 Å². The number of anilines is 1. The summed E-state index contributed by atoms with van der Waals surface area (Å²) in [6.45, 7) is 0. The van der Waals surface area contributed by atoms with Crippen LogP contribution >= 0.6 is 23.5 Å². The second kappa shape index (κ2) is 6.21. The van der Waals surface area contributed by atoms with Crippen molar-refractivity contribution in [3.05, 3.63) is 42.5 Å². The number of rotatable bonds is 4. The molecule has 2 aromatic heterocycles. The second-order valence-electron chi connectivity index (χ2n) is 5.28. The molecule has 4 rings (SSSR count). The number of hydrogen-bond donors (Lipinski definition) is 2. The molecule has 2 heterocycles. The minimum atomic E-state index is -0.0702. The van der Waals surface area contributed by atoms with E-state index in [4.69, 9.17) is 0 Å². The number of H-pyrrole nitrogens is 1. The average Bonchev–Trinajstić information content (AvgIpc) is 3.19. The molecule has 2 aromatic carbocycles. The van der Waals surface area contributed by atoms with E-state index in [0.29, 0.717) is 11.4 Å². The second-order valence-corrected chi connectivity index (χ2v) is 6.77. The zero-order valence-corrected chi connectivity index (χ0v) is 14.4. The van der Waals surface area contributed by atoms with Gasteiger partial charge >= 0.3 is 5.16 Å². The van der Waals surface area contributed by atoms with Crippen molar-refractivity contribution < 1.29 is 9.36 Å². The molecule has 0 saturated carbocycles. The summed E-state index contributed by atoms with van der Waals surface area (Å²) in [5.41, 5.74) is 4.40. The number of aryl methyl sites for hydroxylation is 1. The van der Waals surface area contributed by atoms with Crippen LogP contribution in [0.1, 0.15) is 0 Å². The van der Waals surface area contributed by atoms with Crippen molar-refractivity contribution in [2.45, 2.75) is 5.16 Å². The molecule has 0 aliphatic heterocycles. The van der Waals surface area contributed by atoms with Gasteiger partial charge in [0.25, 0.3) is 0 Å². The van der Waals surface area contributed by atoms with E-state index >= 15 is 0 Å². The fraction of sp³-hybridized carbons (Fsp3) is 0.125. The van der Waals surface area contributed by atoms with Crippen LogP contribution in [0.5, 0.6) is 0 Å². The third-order valence-corrected chi connectivity index (χ3v) is 5.31. The number of nitrogens with one attached hydrogen (secondary N) is 2. The minimum absolute atomic E-state index is 0.0702. The van der Waals surface area contributed by atoms with Crippen molar-refractivity contribution in [3.8, 4) is 0 Å². The first-order valence-electron chi connectivity index (χ1n) is 7.33. The molecule has 1 amide bonds. The van der Waals surface area contributed by atoms with Crippen LogP contribution in [0.3, 0.4) is 0 Å². The van der Waals surface area contributed by atoms with Crippen molar-refractivity contribution in [3.63, 3.8) is 0 Å². The van der Waals surface area contributed by atoms with E-state index in [0.717, 1.165) is 39.0 Å². The van der Waals surface area contributed by atoms with Gasteiger partial charge in [-0.1, -0.05) is 18.2 Å². The third-order valence-electron chi connectivity index (χ3n) is 3.71. The predicted octanol–water partition coefficient (Wildman–Crippen LogP) is 2.73. The number of nitrogens with zero attached hydrogens (tertiary/aromatic N) is 3. The summed E-state index contributed by atoms with van der Waals surface area (Å²) in [4.78, 5) is 15.6. The van der Waals surface area contributed by atoms with Crippen molar-refractivity contribution in [1.29, 1.82) is 0 Å². The number of amides is 1. The highest BCUT2D eigenvalue weighted by atomic mass is 32.2. The smallest absolute Gasteiger partial charge is 0.317 e. The lowest BCUT2D eigenvalue weighted by Gasteiger charge is -2.04. The Balaban J connectivity index is 1.48. The number of carbonyl (C=O) groups excluding carboxylic acids is 1. The first-order valence-corrected chi connectivity index (χ1v) is 9.04. The van der Waals surface area contributed by atoms with Crippen LogP contribution < -0.4 is 9.88 Å². The van der Waals surface area contributed by atoms with Gasteiger partial charge in [0.05, 0.1) is 30.2 Å². The standard InChI is InChI=1S/C16H13N5OS2/c1-21-13-8-3-2-5-10(13)18-16(21)23-9-14(22)17-11-6-4-7-12-15(11)20-24-19-12/h2-8H,9H2,1H3,(H,17,19,22)/p+1. The topological polar surface area (TPSA) is 74.5 Å². The number of aromatic nitrogens is 4. The number of aromatic amines is 1. The van der Waals surface area contributed by atoms with E-state index in [1.165, 1.54) is 11.8 Å². The average molecular weight is 356 g/mol. The molecule has 6 nitrogen and oxygen atoms in total. The zero-order chi connectivity index (χ0) is 16.5. The highest BCUT2D eigenvalue weighted by Crippen LogP contribution is 2.22. The lowest BCUT2D eigenvalue weighted by Crippen LogP contribution is -2.29. The van der Waals surface area contributed by atoms with Gasteiger partial charge in [0.1, 0.15) is 11.0 Å². The first-order chi connectivity index (χ1) is 11.7. The number of imidazole rings is 1. The van der Waals surface area contributed by atoms with Gasteiger partial charge in [-0.2, -0.15) is 8.75 Å². The van der Waals surface area contributed by atoms with Gasteiger partial charge in [-0.15, -0.1) is 0 Å². The largest absolute Gasteiger partial charge is 0.323 e. The summed E-state index contributed by atoms with van der Waals surface area (Å²) in [7, 11) is 1.99. The van der Waals surface area contributed by atoms with Crippen molar-refractivity contribution >= 4 is 57.2 Å². The molecular formula is C16H14N5OS2+. The molecule has 0 radical (unpaired) electrons. The molecule has 2 N–H and O–H groups in total.